The summed E-state index contributed by atoms with van der Waals surface area (Å²) in [6.07, 6.45) is 7.98. The predicted octanol–water partition coefficient (Wildman–Crippen LogP) is 4.42. The average molecular weight is 297 g/mol. The number of hydrogen-bond acceptors (Lipinski definition) is 2. The van der Waals surface area contributed by atoms with Crippen molar-refractivity contribution < 1.29 is 9.53 Å². The zero-order valence-electron chi connectivity index (χ0n) is 14.8. The lowest BCUT2D eigenvalue weighted by Crippen LogP contribution is -2.32. The second-order valence-electron chi connectivity index (χ2n) is 6.02. The number of ether oxygens (including phenoxy) is 1. The fourth-order valence-electron chi connectivity index (χ4n) is 2.10. The molecule has 21 heavy (non-hydrogen) atoms. The summed E-state index contributed by atoms with van der Waals surface area (Å²) >= 11 is 0. The Morgan fingerprint density at radius 1 is 1.19 bits per heavy atom. The van der Waals surface area contributed by atoms with Crippen LogP contribution in [0.5, 0.6) is 0 Å². The lowest BCUT2D eigenvalue weighted by Gasteiger charge is -2.20. The van der Waals surface area contributed by atoms with Gasteiger partial charge in [0.15, 0.2) is 0 Å². The van der Waals surface area contributed by atoms with Gasteiger partial charge in [-0.2, -0.15) is 0 Å². The molecule has 124 valence electrons. The van der Waals surface area contributed by atoms with E-state index >= 15 is 0 Å². The Bertz CT molecular complexity index is 300. The van der Waals surface area contributed by atoms with Gasteiger partial charge in [0.1, 0.15) is 0 Å². The van der Waals surface area contributed by atoms with Crippen LogP contribution >= 0.6 is 0 Å². The molecule has 0 aromatic carbocycles. The fraction of sp³-hybridized carbons (Fsp3) is 0.833. The van der Waals surface area contributed by atoms with Gasteiger partial charge in [-0.25, -0.2) is 0 Å². The smallest absolute Gasteiger partial charge is 0.219 e. The predicted molar refractivity (Wildman–Crippen MR) is 90.4 cm³/mol. The molecule has 0 radical (unpaired) electrons. The molecule has 0 rings (SSSR count). The summed E-state index contributed by atoms with van der Waals surface area (Å²) in [4.78, 5) is 13.2. The van der Waals surface area contributed by atoms with Gasteiger partial charge in [0.25, 0.3) is 0 Å². The Hall–Kier alpha value is -0.830. The third-order valence-corrected chi connectivity index (χ3v) is 3.87. The number of nitrogens with zero attached hydrogens (tertiary/aromatic N) is 1. The molecule has 0 N–H and O–H groups in total. The van der Waals surface area contributed by atoms with Crippen LogP contribution in [-0.4, -0.2) is 37.1 Å². The Labute approximate surface area is 131 Å². The van der Waals surface area contributed by atoms with Crippen LogP contribution in [-0.2, 0) is 9.53 Å². The Kier molecular flexibility index (Phi) is 12.4. The standard InChI is InChI=1S/C18H35NO2/c1-6-12-19(18(5)20)13-15-21-14-8-9-17(4)11-10-16(3)7-2/h11,16H,6-10,12-15H2,1-5H3. The van der Waals surface area contributed by atoms with E-state index in [1.807, 2.05) is 4.90 Å². The number of carbonyl (C=O) groups excluding carboxylic acids is 1. The molecule has 0 bridgehead atoms. The zero-order valence-corrected chi connectivity index (χ0v) is 14.8. The van der Waals surface area contributed by atoms with E-state index in [0.717, 1.165) is 38.3 Å². The van der Waals surface area contributed by atoms with Crippen LogP contribution in [0.1, 0.15) is 66.7 Å². The SMILES string of the molecule is CCCN(CCOCCCC(C)=CCC(C)CC)C(C)=O. The highest BCUT2D eigenvalue weighted by molar-refractivity contribution is 5.73. The first-order chi connectivity index (χ1) is 10.0. The van der Waals surface area contributed by atoms with Crippen molar-refractivity contribution in [1.29, 1.82) is 0 Å². The molecule has 0 fully saturated rings. The van der Waals surface area contributed by atoms with Crippen LogP contribution in [0.25, 0.3) is 0 Å². The van der Waals surface area contributed by atoms with E-state index in [1.165, 1.54) is 18.4 Å². The number of hydrogen-bond donors (Lipinski definition) is 0. The lowest BCUT2D eigenvalue weighted by atomic mass is 10.0. The summed E-state index contributed by atoms with van der Waals surface area (Å²) in [6.45, 7) is 13.4. The molecule has 1 unspecified atom stereocenters. The zero-order chi connectivity index (χ0) is 16.1. The molecule has 3 heteroatoms. The highest BCUT2D eigenvalue weighted by Gasteiger charge is 2.06. The molecule has 0 aliphatic carbocycles. The van der Waals surface area contributed by atoms with Crippen LogP contribution in [0, 0.1) is 5.92 Å². The molecule has 1 atom stereocenters. The topological polar surface area (TPSA) is 29.5 Å². The second kappa shape index (κ2) is 12.9. The molecule has 0 aliphatic rings. The molecule has 0 saturated heterocycles. The van der Waals surface area contributed by atoms with E-state index in [4.69, 9.17) is 4.74 Å². The van der Waals surface area contributed by atoms with Gasteiger partial charge in [0, 0.05) is 26.6 Å². The van der Waals surface area contributed by atoms with Crippen LogP contribution in [0.15, 0.2) is 11.6 Å². The van der Waals surface area contributed by atoms with E-state index < -0.39 is 0 Å². The Morgan fingerprint density at radius 2 is 1.90 bits per heavy atom. The summed E-state index contributed by atoms with van der Waals surface area (Å²) in [5, 5.41) is 0. The number of amides is 1. The number of rotatable bonds is 12. The highest BCUT2D eigenvalue weighted by atomic mass is 16.5. The van der Waals surface area contributed by atoms with Crippen molar-refractivity contribution in [3.63, 3.8) is 0 Å². The van der Waals surface area contributed by atoms with Gasteiger partial charge in [-0.1, -0.05) is 38.8 Å². The summed E-state index contributed by atoms with van der Waals surface area (Å²) in [5.74, 6) is 0.927. The quantitative estimate of drug-likeness (QED) is 0.394. The van der Waals surface area contributed by atoms with Gasteiger partial charge in [-0.15, -0.1) is 0 Å². The highest BCUT2D eigenvalue weighted by Crippen LogP contribution is 2.12. The molecule has 0 saturated carbocycles. The van der Waals surface area contributed by atoms with Crippen molar-refractivity contribution in [1.82, 2.24) is 4.90 Å². The molecular formula is C18H35NO2. The minimum absolute atomic E-state index is 0.143. The number of allylic oxidation sites excluding steroid dienone is 2. The normalized spacial score (nSPS) is 13.3. The van der Waals surface area contributed by atoms with Crippen molar-refractivity contribution in [2.24, 2.45) is 5.92 Å². The average Bonchev–Trinajstić information content (AvgIpc) is 2.46. The maximum atomic E-state index is 11.4. The third kappa shape index (κ3) is 11.5. The minimum atomic E-state index is 0.143. The first-order valence-electron chi connectivity index (χ1n) is 8.50. The first-order valence-corrected chi connectivity index (χ1v) is 8.50. The van der Waals surface area contributed by atoms with Crippen molar-refractivity contribution in [2.45, 2.75) is 66.7 Å². The molecule has 0 heterocycles. The van der Waals surface area contributed by atoms with Crippen LogP contribution in [0.2, 0.25) is 0 Å². The van der Waals surface area contributed by atoms with Crippen molar-refractivity contribution in [3.05, 3.63) is 11.6 Å². The summed E-state index contributed by atoms with van der Waals surface area (Å²) in [7, 11) is 0. The Balaban J connectivity index is 3.65. The molecular weight excluding hydrogens is 262 g/mol. The van der Waals surface area contributed by atoms with Gasteiger partial charge < -0.3 is 9.64 Å². The number of carbonyl (C=O) groups is 1. The molecule has 0 aromatic rings. The van der Waals surface area contributed by atoms with E-state index in [0.29, 0.717) is 13.2 Å². The van der Waals surface area contributed by atoms with Gasteiger partial charge in [0.05, 0.1) is 6.61 Å². The third-order valence-electron chi connectivity index (χ3n) is 3.87. The molecule has 0 aromatic heterocycles. The molecule has 1 amide bonds. The van der Waals surface area contributed by atoms with Crippen molar-refractivity contribution >= 4 is 5.91 Å². The summed E-state index contributed by atoms with van der Waals surface area (Å²) < 4.78 is 5.64. The van der Waals surface area contributed by atoms with Crippen LogP contribution in [0.4, 0.5) is 0 Å². The van der Waals surface area contributed by atoms with E-state index in [-0.39, 0.29) is 5.91 Å². The van der Waals surface area contributed by atoms with Crippen molar-refractivity contribution in [2.75, 3.05) is 26.3 Å². The van der Waals surface area contributed by atoms with Crippen molar-refractivity contribution in [3.8, 4) is 0 Å². The molecule has 0 aliphatic heterocycles. The maximum Gasteiger partial charge on any atom is 0.219 e. The monoisotopic (exact) mass is 297 g/mol. The van der Waals surface area contributed by atoms with E-state index in [9.17, 15) is 4.79 Å². The first kappa shape index (κ1) is 20.2. The Morgan fingerprint density at radius 3 is 2.48 bits per heavy atom. The van der Waals surface area contributed by atoms with Gasteiger partial charge in [-0.3, -0.25) is 4.79 Å². The summed E-state index contributed by atoms with van der Waals surface area (Å²) in [6, 6.07) is 0. The lowest BCUT2D eigenvalue weighted by molar-refractivity contribution is -0.129. The van der Waals surface area contributed by atoms with Crippen LogP contribution < -0.4 is 0 Å². The second-order valence-corrected chi connectivity index (χ2v) is 6.02. The maximum absolute atomic E-state index is 11.4. The molecule has 0 spiro atoms. The van der Waals surface area contributed by atoms with E-state index in [1.54, 1.807) is 6.92 Å². The van der Waals surface area contributed by atoms with E-state index in [2.05, 4.69) is 33.8 Å². The summed E-state index contributed by atoms with van der Waals surface area (Å²) in [5.41, 5.74) is 1.47. The van der Waals surface area contributed by atoms with Crippen LogP contribution in [0.3, 0.4) is 0 Å². The fourth-order valence-corrected chi connectivity index (χ4v) is 2.10. The largest absolute Gasteiger partial charge is 0.380 e. The van der Waals surface area contributed by atoms with Gasteiger partial charge in [-0.05, 0) is 38.5 Å². The molecule has 3 nitrogen and oxygen atoms in total. The minimum Gasteiger partial charge on any atom is -0.380 e. The van der Waals surface area contributed by atoms with Gasteiger partial charge >= 0.3 is 0 Å². The van der Waals surface area contributed by atoms with Gasteiger partial charge in [0.2, 0.25) is 5.91 Å².